The number of nitrogens with zero attached hydrogens (tertiary/aromatic N) is 2. The van der Waals surface area contributed by atoms with E-state index in [2.05, 4.69) is 4.98 Å². The van der Waals surface area contributed by atoms with Gasteiger partial charge in [-0.25, -0.2) is 9.37 Å². The van der Waals surface area contributed by atoms with Crippen LogP contribution in [-0.4, -0.2) is 23.5 Å². The molecule has 154 valence electrons. The third-order valence-electron chi connectivity index (χ3n) is 5.12. The second kappa shape index (κ2) is 9.17. The molecule has 1 aliphatic carbocycles. The molecule has 2 aromatic carbocycles. The van der Waals surface area contributed by atoms with Crippen molar-refractivity contribution in [3.8, 4) is 11.3 Å². The number of halogens is 1. The number of hydrogen-bond donors (Lipinski definition) is 0. The lowest BCUT2D eigenvalue weighted by molar-refractivity contribution is -0.154. The molecule has 0 spiro atoms. The highest BCUT2D eigenvalue weighted by molar-refractivity contribution is 7.14. The van der Waals surface area contributed by atoms with E-state index in [9.17, 15) is 14.0 Å². The van der Waals surface area contributed by atoms with Crippen molar-refractivity contribution in [3.63, 3.8) is 0 Å². The van der Waals surface area contributed by atoms with Crippen LogP contribution < -0.4 is 4.90 Å². The highest BCUT2D eigenvalue weighted by Gasteiger charge is 2.28. The largest absolute Gasteiger partial charge is 0.455 e. The first kappa shape index (κ1) is 20.2. The summed E-state index contributed by atoms with van der Waals surface area (Å²) in [6, 6.07) is 15.6. The van der Waals surface area contributed by atoms with Gasteiger partial charge in [0.15, 0.2) is 11.7 Å². The molecule has 1 heterocycles. The first-order valence-electron chi connectivity index (χ1n) is 9.82. The zero-order valence-corrected chi connectivity index (χ0v) is 17.1. The topological polar surface area (TPSA) is 59.5 Å². The predicted octanol–water partition coefficient (Wildman–Crippen LogP) is 4.83. The third kappa shape index (κ3) is 4.74. The Morgan fingerprint density at radius 2 is 1.83 bits per heavy atom. The fourth-order valence-electron chi connectivity index (χ4n) is 3.14. The van der Waals surface area contributed by atoms with Gasteiger partial charge in [0.05, 0.1) is 18.2 Å². The van der Waals surface area contributed by atoms with Crippen LogP contribution in [0.3, 0.4) is 0 Å². The van der Waals surface area contributed by atoms with E-state index in [0.717, 1.165) is 30.4 Å². The van der Waals surface area contributed by atoms with Crippen LogP contribution >= 0.6 is 11.3 Å². The van der Waals surface area contributed by atoms with E-state index in [1.807, 2.05) is 35.7 Å². The first-order chi connectivity index (χ1) is 14.6. The van der Waals surface area contributed by atoms with Crippen LogP contribution in [0, 0.1) is 11.7 Å². The zero-order chi connectivity index (χ0) is 20.9. The monoisotopic (exact) mass is 424 g/mol. The summed E-state index contributed by atoms with van der Waals surface area (Å²) in [7, 11) is 0. The molecule has 1 aliphatic rings. The number of benzene rings is 2. The van der Waals surface area contributed by atoms with Crippen LogP contribution in [0.5, 0.6) is 0 Å². The van der Waals surface area contributed by atoms with Gasteiger partial charge in [-0.15, -0.1) is 11.3 Å². The molecule has 3 aromatic rings. The summed E-state index contributed by atoms with van der Waals surface area (Å²) in [6.45, 7) is 0.00462. The highest BCUT2D eigenvalue weighted by Crippen LogP contribution is 2.30. The van der Waals surface area contributed by atoms with Gasteiger partial charge in [0.25, 0.3) is 5.91 Å². The number of carbonyl (C=O) groups excluding carboxylic acids is 2. The lowest BCUT2D eigenvalue weighted by atomic mass is 9.86. The van der Waals surface area contributed by atoms with E-state index >= 15 is 0 Å². The zero-order valence-electron chi connectivity index (χ0n) is 16.3. The quantitative estimate of drug-likeness (QED) is 0.510. The van der Waals surface area contributed by atoms with Crippen molar-refractivity contribution >= 4 is 28.3 Å². The Morgan fingerprint density at radius 1 is 1.10 bits per heavy atom. The molecular formula is C23H21FN2O3S. The number of aromatic nitrogens is 1. The normalized spacial score (nSPS) is 13.5. The van der Waals surface area contributed by atoms with Crippen LogP contribution in [0.1, 0.15) is 24.8 Å². The van der Waals surface area contributed by atoms with Crippen molar-refractivity contribution < 1.29 is 18.7 Å². The van der Waals surface area contributed by atoms with Crippen molar-refractivity contribution in [1.82, 2.24) is 4.98 Å². The number of thiazole rings is 1. The molecule has 0 aliphatic heterocycles. The lowest BCUT2D eigenvalue weighted by Crippen LogP contribution is -2.35. The van der Waals surface area contributed by atoms with E-state index in [0.29, 0.717) is 17.4 Å². The Labute approximate surface area is 178 Å². The highest BCUT2D eigenvalue weighted by atomic mass is 32.1. The summed E-state index contributed by atoms with van der Waals surface area (Å²) < 4.78 is 18.5. The Bertz CT molecular complexity index is 1020. The summed E-state index contributed by atoms with van der Waals surface area (Å²) in [4.78, 5) is 31.1. The van der Waals surface area contributed by atoms with E-state index in [1.54, 1.807) is 12.1 Å². The number of anilines is 1. The summed E-state index contributed by atoms with van der Waals surface area (Å²) in [5.74, 6) is -1.03. The smallest absolute Gasteiger partial charge is 0.309 e. The summed E-state index contributed by atoms with van der Waals surface area (Å²) in [6.07, 6.45) is 2.68. The minimum atomic E-state index is -0.327. The van der Waals surface area contributed by atoms with Gasteiger partial charge in [0.2, 0.25) is 0 Å². The number of amides is 1. The van der Waals surface area contributed by atoms with Crippen LogP contribution in [-0.2, 0) is 20.9 Å². The maximum atomic E-state index is 13.2. The van der Waals surface area contributed by atoms with Gasteiger partial charge < -0.3 is 4.74 Å². The van der Waals surface area contributed by atoms with Crippen molar-refractivity contribution in [2.45, 2.75) is 25.8 Å². The Morgan fingerprint density at radius 3 is 2.50 bits per heavy atom. The van der Waals surface area contributed by atoms with Gasteiger partial charge in [0.1, 0.15) is 5.82 Å². The second-order valence-corrected chi connectivity index (χ2v) is 8.06. The van der Waals surface area contributed by atoms with E-state index < -0.39 is 0 Å². The van der Waals surface area contributed by atoms with Crippen molar-refractivity contribution in [2.75, 3.05) is 11.5 Å². The molecule has 0 saturated heterocycles. The van der Waals surface area contributed by atoms with E-state index in [-0.39, 0.29) is 30.2 Å². The standard InChI is InChI=1S/C23H21FN2O3S/c24-19-11-9-17(10-12-19)20-15-30-23(25-20)26(13-16-5-2-1-3-6-16)21(27)14-29-22(28)18-7-4-8-18/h1-3,5-6,9-12,15,18H,4,7-8,13-14H2. The number of hydrogen-bond acceptors (Lipinski definition) is 5. The molecule has 1 amide bonds. The average molecular weight is 424 g/mol. The van der Waals surface area contributed by atoms with Gasteiger partial charge in [0, 0.05) is 10.9 Å². The van der Waals surface area contributed by atoms with E-state index in [4.69, 9.17) is 4.74 Å². The Balaban J connectivity index is 1.53. The minimum Gasteiger partial charge on any atom is -0.455 e. The predicted molar refractivity (Wildman–Crippen MR) is 113 cm³/mol. The minimum absolute atomic E-state index is 0.0784. The molecule has 1 fully saturated rings. The molecule has 1 aromatic heterocycles. The molecular weight excluding hydrogens is 403 g/mol. The van der Waals surface area contributed by atoms with E-state index in [1.165, 1.54) is 28.4 Å². The molecule has 0 atom stereocenters. The number of ether oxygens (including phenoxy) is 1. The molecule has 1 saturated carbocycles. The second-order valence-electron chi connectivity index (χ2n) is 7.22. The molecule has 0 bridgehead atoms. The van der Waals surface area contributed by atoms with Gasteiger partial charge in [-0.2, -0.15) is 0 Å². The molecule has 0 N–H and O–H groups in total. The number of carbonyl (C=O) groups is 2. The van der Waals surface area contributed by atoms with Crippen LogP contribution in [0.25, 0.3) is 11.3 Å². The molecule has 0 unspecified atom stereocenters. The van der Waals surface area contributed by atoms with Crippen molar-refractivity contribution in [2.24, 2.45) is 5.92 Å². The van der Waals surface area contributed by atoms with Crippen molar-refractivity contribution in [3.05, 3.63) is 71.4 Å². The number of esters is 1. The van der Waals surface area contributed by atoms with Gasteiger partial charge in [-0.1, -0.05) is 36.8 Å². The van der Waals surface area contributed by atoms with Gasteiger partial charge >= 0.3 is 5.97 Å². The van der Waals surface area contributed by atoms with Crippen LogP contribution in [0.2, 0.25) is 0 Å². The Hall–Kier alpha value is -3.06. The maximum absolute atomic E-state index is 13.2. The SMILES string of the molecule is O=C(OCC(=O)N(Cc1ccccc1)c1nc(-c2ccc(F)cc2)cs1)C1CCC1. The third-order valence-corrected chi connectivity index (χ3v) is 5.99. The molecule has 7 heteroatoms. The molecule has 5 nitrogen and oxygen atoms in total. The van der Waals surface area contributed by atoms with Crippen LogP contribution in [0.4, 0.5) is 9.52 Å². The lowest BCUT2D eigenvalue weighted by Gasteiger charge is -2.24. The maximum Gasteiger partial charge on any atom is 0.309 e. The molecule has 4 rings (SSSR count). The summed E-state index contributed by atoms with van der Waals surface area (Å²) >= 11 is 1.32. The number of rotatable bonds is 7. The van der Waals surface area contributed by atoms with Gasteiger partial charge in [-0.05, 0) is 42.7 Å². The Kier molecular flexibility index (Phi) is 6.18. The first-order valence-corrected chi connectivity index (χ1v) is 10.7. The fourth-order valence-corrected chi connectivity index (χ4v) is 3.99. The van der Waals surface area contributed by atoms with Crippen LogP contribution in [0.15, 0.2) is 60.0 Å². The summed E-state index contributed by atoms with van der Waals surface area (Å²) in [5, 5.41) is 2.33. The van der Waals surface area contributed by atoms with Crippen molar-refractivity contribution in [1.29, 1.82) is 0 Å². The molecule has 0 radical (unpaired) electrons. The molecule has 30 heavy (non-hydrogen) atoms. The fraction of sp³-hybridized carbons (Fsp3) is 0.261. The summed E-state index contributed by atoms with van der Waals surface area (Å²) in [5.41, 5.74) is 2.37. The average Bonchev–Trinajstić information content (AvgIpc) is 3.20. The van der Waals surface area contributed by atoms with Gasteiger partial charge in [-0.3, -0.25) is 14.5 Å².